The molecule has 1 rings (SSSR count). The molecule has 90 valence electrons. The molecule has 0 unspecified atom stereocenters. The van der Waals surface area contributed by atoms with Crippen LogP contribution in [-0.2, 0) is 23.0 Å². The molecule has 1 aromatic heterocycles. The maximum absolute atomic E-state index is 12.0. The van der Waals surface area contributed by atoms with Crippen LogP contribution in [0.2, 0.25) is 0 Å². The van der Waals surface area contributed by atoms with Gasteiger partial charge in [0.2, 0.25) is 0 Å². The maximum Gasteiger partial charge on any atom is 0.169 e. The van der Waals surface area contributed by atoms with Crippen molar-refractivity contribution in [1.29, 1.82) is 0 Å². The van der Waals surface area contributed by atoms with Gasteiger partial charge in [0.25, 0.3) is 0 Å². The summed E-state index contributed by atoms with van der Waals surface area (Å²) in [5, 5.41) is 4.22. The van der Waals surface area contributed by atoms with E-state index >= 15 is 0 Å². The number of hydrogen-bond acceptors (Lipinski definition) is 3. The summed E-state index contributed by atoms with van der Waals surface area (Å²) in [4.78, 5) is 12.0. The average Bonchev–Trinajstić information content (AvgIpc) is 2.45. The number of hydrogen-bond donors (Lipinski definition) is 0. The zero-order valence-corrected chi connectivity index (χ0v) is 10.7. The zero-order valence-electron chi connectivity index (χ0n) is 10.7. The predicted molar refractivity (Wildman–Crippen MR) is 62.4 cm³/mol. The van der Waals surface area contributed by atoms with E-state index < -0.39 is 5.60 Å². The summed E-state index contributed by atoms with van der Waals surface area (Å²) in [7, 11) is 1.85. The third-order valence-electron chi connectivity index (χ3n) is 2.62. The molecular formula is C12H20N2O2. The van der Waals surface area contributed by atoms with E-state index in [4.69, 9.17) is 4.74 Å². The van der Waals surface area contributed by atoms with Crippen LogP contribution in [0.3, 0.4) is 0 Å². The van der Waals surface area contributed by atoms with Gasteiger partial charge in [-0.15, -0.1) is 0 Å². The SMILES string of the molecule is CCOC(C)(C)C(=O)Cc1cc(C)nn1C. The molecule has 16 heavy (non-hydrogen) atoms. The first kappa shape index (κ1) is 12.9. The average molecular weight is 224 g/mol. The van der Waals surface area contributed by atoms with Gasteiger partial charge in [-0.05, 0) is 33.8 Å². The fourth-order valence-corrected chi connectivity index (χ4v) is 1.65. The third-order valence-corrected chi connectivity index (χ3v) is 2.62. The molecule has 0 fully saturated rings. The van der Waals surface area contributed by atoms with E-state index in [1.807, 2.05) is 40.8 Å². The second-order valence-corrected chi connectivity index (χ2v) is 4.44. The predicted octanol–water partition coefficient (Wildman–Crippen LogP) is 1.66. The number of aryl methyl sites for hydroxylation is 2. The Morgan fingerprint density at radius 2 is 2.19 bits per heavy atom. The van der Waals surface area contributed by atoms with E-state index in [0.29, 0.717) is 13.0 Å². The van der Waals surface area contributed by atoms with Gasteiger partial charge in [-0.1, -0.05) is 0 Å². The van der Waals surface area contributed by atoms with E-state index in [9.17, 15) is 4.79 Å². The lowest BCUT2D eigenvalue weighted by Gasteiger charge is -2.22. The highest BCUT2D eigenvalue weighted by molar-refractivity contribution is 5.88. The molecule has 0 bridgehead atoms. The largest absolute Gasteiger partial charge is 0.368 e. The van der Waals surface area contributed by atoms with E-state index in [1.165, 1.54) is 0 Å². The highest BCUT2D eigenvalue weighted by atomic mass is 16.5. The quantitative estimate of drug-likeness (QED) is 0.764. The van der Waals surface area contributed by atoms with Crippen molar-refractivity contribution in [2.24, 2.45) is 7.05 Å². The second-order valence-electron chi connectivity index (χ2n) is 4.44. The van der Waals surface area contributed by atoms with Crippen LogP contribution in [0.1, 0.15) is 32.2 Å². The van der Waals surface area contributed by atoms with Crippen molar-refractivity contribution in [3.8, 4) is 0 Å². The second kappa shape index (κ2) is 4.78. The first-order valence-corrected chi connectivity index (χ1v) is 5.53. The molecule has 0 aliphatic carbocycles. The topological polar surface area (TPSA) is 44.1 Å². The normalized spacial score (nSPS) is 11.8. The van der Waals surface area contributed by atoms with Crippen molar-refractivity contribution < 1.29 is 9.53 Å². The smallest absolute Gasteiger partial charge is 0.169 e. The molecule has 0 N–H and O–H groups in total. The van der Waals surface area contributed by atoms with Crippen molar-refractivity contribution in [3.63, 3.8) is 0 Å². The monoisotopic (exact) mass is 224 g/mol. The molecule has 0 saturated heterocycles. The Hall–Kier alpha value is -1.16. The number of nitrogens with zero attached hydrogens (tertiary/aromatic N) is 2. The maximum atomic E-state index is 12.0. The molecule has 0 spiro atoms. The van der Waals surface area contributed by atoms with E-state index in [2.05, 4.69) is 5.10 Å². The third kappa shape index (κ3) is 2.92. The number of Topliss-reactive ketones (excluding diaryl/α,β-unsaturated/α-hetero) is 1. The van der Waals surface area contributed by atoms with Crippen LogP contribution in [0.15, 0.2) is 6.07 Å². The highest BCUT2D eigenvalue weighted by Crippen LogP contribution is 2.14. The molecule has 4 nitrogen and oxygen atoms in total. The molecule has 4 heteroatoms. The van der Waals surface area contributed by atoms with Crippen molar-refractivity contribution in [1.82, 2.24) is 9.78 Å². The summed E-state index contributed by atoms with van der Waals surface area (Å²) >= 11 is 0. The van der Waals surface area contributed by atoms with Gasteiger partial charge in [0.15, 0.2) is 5.78 Å². The van der Waals surface area contributed by atoms with Gasteiger partial charge in [0, 0.05) is 19.3 Å². The lowest BCUT2D eigenvalue weighted by molar-refractivity contribution is -0.139. The molecule has 1 aromatic rings. The van der Waals surface area contributed by atoms with Crippen LogP contribution in [0.25, 0.3) is 0 Å². The molecule has 0 aliphatic heterocycles. The minimum Gasteiger partial charge on any atom is -0.368 e. The van der Waals surface area contributed by atoms with Gasteiger partial charge in [0.05, 0.1) is 12.1 Å². The van der Waals surface area contributed by atoms with Gasteiger partial charge < -0.3 is 4.74 Å². The first-order valence-electron chi connectivity index (χ1n) is 5.53. The lowest BCUT2D eigenvalue weighted by atomic mass is 9.99. The number of carbonyl (C=O) groups is 1. The summed E-state index contributed by atoms with van der Waals surface area (Å²) in [6, 6.07) is 1.93. The summed E-state index contributed by atoms with van der Waals surface area (Å²) in [6.07, 6.45) is 0.365. The van der Waals surface area contributed by atoms with Crippen LogP contribution in [-0.4, -0.2) is 27.8 Å². The van der Waals surface area contributed by atoms with Crippen LogP contribution >= 0.6 is 0 Å². The van der Waals surface area contributed by atoms with Crippen LogP contribution in [0, 0.1) is 6.92 Å². The lowest BCUT2D eigenvalue weighted by Crippen LogP contribution is -2.36. The minimum atomic E-state index is -0.715. The van der Waals surface area contributed by atoms with Gasteiger partial charge in [-0.2, -0.15) is 5.10 Å². The minimum absolute atomic E-state index is 0.0809. The number of rotatable bonds is 5. The van der Waals surface area contributed by atoms with Crippen molar-refractivity contribution in [2.45, 2.75) is 39.7 Å². The number of aromatic nitrogens is 2. The van der Waals surface area contributed by atoms with E-state index in [1.54, 1.807) is 4.68 Å². The van der Waals surface area contributed by atoms with Crippen molar-refractivity contribution >= 4 is 5.78 Å². The molecule has 0 atom stereocenters. The summed E-state index contributed by atoms with van der Waals surface area (Å²) in [6.45, 7) is 7.97. The molecule has 0 saturated carbocycles. The Morgan fingerprint density at radius 1 is 1.56 bits per heavy atom. The standard InChI is InChI=1S/C12H20N2O2/c1-6-16-12(3,4)11(15)8-10-7-9(2)13-14(10)5/h7H,6,8H2,1-5H3. The number of ether oxygens (including phenoxy) is 1. The van der Waals surface area contributed by atoms with E-state index in [-0.39, 0.29) is 5.78 Å². The first-order chi connectivity index (χ1) is 7.36. The van der Waals surface area contributed by atoms with Gasteiger partial charge in [-0.3, -0.25) is 9.48 Å². The Kier molecular flexibility index (Phi) is 3.86. The Labute approximate surface area is 96.6 Å². The summed E-state index contributed by atoms with van der Waals surface area (Å²) < 4.78 is 7.18. The van der Waals surface area contributed by atoms with Gasteiger partial charge in [0.1, 0.15) is 5.60 Å². The van der Waals surface area contributed by atoms with Crippen molar-refractivity contribution in [3.05, 3.63) is 17.5 Å². The fourth-order valence-electron chi connectivity index (χ4n) is 1.65. The molecule has 0 amide bonds. The molecule has 0 aliphatic rings. The number of carbonyl (C=O) groups excluding carboxylic acids is 1. The van der Waals surface area contributed by atoms with Gasteiger partial charge in [-0.25, -0.2) is 0 Å². The summed E-state index contributed by atoms with van der Waals surface area (Å²) in [5.41, 5.74) is 1.14. The van der Waals surface area contributed by atoms with Crippen LogP contribution < -0.4 is 0 Å². The molecule has 1 heterocycles. The number of ketones is 1. The Bertz CT molecular complexity index is 380. The van der Waals surface area contributed by atoms with Crippen LogP contribution in [0.4, 0.5) is 0 Å². The zero-order chi connectivity index (χ0) is 12.3. The Morgan fingerprint density at radius 3 is 2.62 bits per heavy atom. The van der Waals surface area contributed by atoms with E-state index in [0.717, 1.165) is 11.4 Å². The highest BCUT2D eigenvalue weighted by Gasteiger charge is 2.28. The molecule has 0 aromatic carbocycles. The molecule has 0 radical (unpaired) electrons. The van der Waals surface area contributed by atoms with Crippen molar-refractivity contribution in [2.75, 3.05) is 6.61 Å². The Balaban J connectivity index is 2.75. The molecular weight excluding hydrogens is 204 g/mol. The van der Waals surface area contributed by atoms with Crippen LogP contribution in [0.5, 0.6) is 0 Å². The summed E-state index contributed by atoms with van der Waals surface area (Å²) in [5.74, 6) is 0.0809. The van der Waals surface area contributed by atoms with Gasteiger partial charge >= 0.3 is 0 Å². The fraction of sp³-hybridized carbons (Fsp3) is 0.667.